The summed E-state index contributed by atoms with van der Waals surface area (Å²) in [5, 5.41) is 0. The summed E-state index contributed by atoms with van der Waals surface area (Å²) >= 11 is 0. The van der Waals surface area contributed by atoms with Gasteiger partial charge in [0, 0.05) is 43.9 Å². The van der Waals surface area contributed by atoms with Crippen molar-refractivity contribution in [1.29, 1.82) is 0 Å². The number of carbonyl (C=O) groups is 4. The Morgan fingerprint density at radius 1 is 1.12 bits per heavy atom. The number of Topliss-reactive ketones (excluding diaryl/α,β-unsaturated/α-hetero) is 2. The van der Waals surface area contributed by atoms with Crippen LogP contribution >= 0.6 is 0 Å². The van der Waals surface area contributed by atoms with E-state index in [0.717, 1.165) is 32.1 Å². The zero-order valence-electron chi connectivity index (χ0n) is 20.9. The van der Waals surface area contributed by atoms with E-state index in [1.807, 2.05) is 0 Å². The lowest BCUT2D eigenvalue weighted by atomic mass is 9.43. The monoisotopic (exact) mass is 460 g/mol. The van der Waals surface area contributed by atoms with E-state index in [4.69, 9.17) is 9.47 Å². The van der Waals surface area contributed by atoms with Gasteiger partial charge in [-0.2, -0.15) is 0 Å². The van der Waals surface area contributed by atoms with E-state index >= 15 is 0 Å². The highest BCUT2D eigenvalue weighted by Gasteiger charge is 2.66. The molecule has 4 fully saturated rings. The first-order chi connectivity index (χ1) is 15.5. The number of carbonyl (C=O) groups excluding carboxylic acids is 4. The Morgan fingerprint density at radius 2 is 1.85 bits per heavy atom. The molecule has 33 heavy (non-hydrogen) atoms. The van der Waals surface area contributed by atoms with Gasteiger partial charge in [0.2, 0.25) is 0 Å². The molecule has 6 heteroatoms. The highest BCUT2D eigenvalue weighted by molar-refractivity contribution is 5.87. The molecule has 0 unspecified atom stereocenters. The third-order valence-corrected chi connectivity index (χ3v) is 10.4. The van der Waals surface area contributed by atoms with Crippen molar-refractivity contribution in [3.05, 3.63) is 0 Å². The third kappa shape index (κ3) is 3.95. The second-order valence-corrected chi connectivity index (χ2v) is 11.8. The van der Waals surface area contributed by atoms with Gasteiger partial charge in [0.05, 0.1) is 7.11 Å². The average molecular weight is 461 g/mol. The highest BCUT2D eigenvalue weighted by Crippen LogP contribution is 2.67. The normalized spacial score (nSPS) is 43.2. The van der Waals surface area contributed by atoms with E-state index in [9.17, 15) is 19.2 Å². The fraction of sp³-hybridized carbons (Fsp3) is 0.852. The number of methoxy groups -OCH3 is 1. The van der Waals surface area contributed by atoms with E-state index in [2.05, 4.69) is 20.8 Å². The minimum atomic E-state index is -0.456. The molecule has 0 aromatic carbocycles. The number of hydrogen-bond acceptors (Lipinski definition) is 6. The van der Waals surface area contributed by atoms with E-state index in [-0.39, 0.29) is 59.0 Å². The molecule has 0 aromatic rings. The van der Waals surface area contributed by atoms with Gasteiger partial charge in [-0.15, -0.1) is 0 Å². The summed E-state index contributed by atoms with van der Waals surface area (Å²) < 4.78 is 10.8. The third-order valence-electron chi connectivity index (χ3n) is 10.4. The van der Waals surface area contributed by atoms with E-state index in [1.54, 1.807) is 0 Å². The highest BCUT2D eigenvalue weighted by atomic mass is 16.5. The van der Waals surface area contributed by atoms with Crippen LogP contribution in [0.4, 0.5) is 0 Å². The second-order valence-electron chi connectivity index (χ2n) is 11.8. The maximum atomic E-state index is 13.9. The van der Waals surface area contributed by atoms with Gasteiger partial charge in [-0.3, -0.25) is 19.2 Å². The fourth-order valence-electron chi connectivity index (χ4n) is 8.63. The van der Waals surface area contributed by atoms with Crippen LogP contribution in [0.1, 0.15) is 85.5 Å². The van der Waals surface area contributed by atoms with Gasteiger partial charge in [0.1, 0.15) is 17.7 Å². The van der Waals surface area contributed by atoms with Crippen LogP contribution in [0.2, 0.25) is 0 Å². The minimum absolute atomic E-state index is 0.0548. The number of ketones is 2. The Bertz CT molecular complexity index is 834. The summed E-state index contributed by atoms with van der Waals surface area (Å²) in [6.45, 7) is 8.06. The Hall–Kier alpha value is -1.72. The van der Waals surface area contributed by atoms with Crippen LogP contribution in [0.3, 0.4) is 0 Å². The van der Waals surface area contributed by atoms with E-state index in [0.29, 0.717) is 37.2 Å². The van der Waals surface area contributed by atoms with Crippen LogP contribution in [-0.4, -0.2) is 36.7 Å². The lowest BCUT2D eigenvalue weighted by Crippen LogP contribution is -2.61. The average Bonchev–Trinajstić information content (AvgIpc) is 3.11. The van der Waals surface area contributed by atoms with Crippen LogP contribution in [0.15, 0.2) is 0 Å². The first-order valence-electron chi connectivity index (χ1n) is 12.8. The first kappa shape index (κ1) is 24.4. The Kier molecular flexibility index (Phi) is 6.52. The summed E-state index contributed by atoms with van der Waals surface area (Å²) in [4.78, 5) is 50.0. The molecular formula is C27H40O6. The van der Waals surface area contributed by atoms with Crippen molar-refractivity contribution in [2.45, 2.75) is 91.6 Å². The molecule has 0 spiro atoms. The molecule has 184 valence electrons. The summed E-state index contributed by atoms with van der Waals surface area (Å²) in [5.41, 5.74) is -0.510. The molecule has 6 nitrogen and oxygen atoms in total. The largest absolute Gasteiger partial charge is 0.469 e. The van der Waals surface area contributed by atoms with Gasteiger partial charge < -0.3 is 9.47 Å². The van der Waals surface area contributed by atoms with Crippen LogP contribution in [0.25, 0.3) is 0 Å². The number of rotatable bonds is 5. The number of esters is 2. The molecule has 0 saturated heterocycles. The smallest absolute Gasteiger partial charge is 0.305 e. The first-order valence-corrected chi connectivity index (χ1v) is 12.8. The van der Waals surface area contributed by atoms with Gasteiger partial charge >= 0.3 is 11.9 Å². The molecule has 0 heterocycles. The molecule has 0 N–H and O–H groups in total. The molecule has 4 aliphatic carbocycles. The van der Waals surface area contributed by atoms with Crippen molar-refractivity contribution in [3.8, 4) is 0 Å². The molecule has 4 rings (SSSR count). The minimum Gasteiger partial charge on any atom is -0.469 e. The Morgan fingerprint density at radius 3 is 2.52 bits per heavy atom. The quantitative estimate of drug-likeness (QED) is 0.561. The number of fused-ring (bicyclic) bond motifs is 5. The van der Waals surface area contributed by atoms with Gasteiger partial charge in [-0.1, -0.05) is 20.8 Å². The molecule has 0 aliphatic heterocycles. The molecule has 0 radical (unpaired) electrons. The van der Waals surface area contributed by atoms with Crippen molar-refractivity contribution in [2.75, 3.05) is 7.11 Å². The maximum absolute atomic E-state index is 13.9. The standard InChI is InChI=1S/C27H40O6/c1-15(6-9-24(31)32-5)19-7-8-20-25-21(14-23(30)27(19,20)4)26(3)11-10-18(29)12-17(26)13-22(25)33-16(2)28/h15,17,19-22,25H,6-14H2,1-5H3/t15-,17+,19-,20+,21+,22+,25+,26-,27+/m0/s1. The lowest BCUT2D eigenvalue weighted by molar-refractivity contribution is -0.190. The molecule has 0 bridgehead atoms. The molecule has 9 atom stereocenters. The Labute approximate surface area is 197 Å². The van der Waals surface area contributed by atoms with Crippen molar-refractivity contribution in [1.82, 2.24) is 0 Å². The van der Waals surface area contributed by atoms with Crippen LogP contribution in [-0.2, 0) is 28.7 Å². The van der Waals surface area contributed by atoms with Gasteiger partial charge in [-0.25, -0.2) is 0 Å². The fourth-order valence-corrected chi connectivity index (χ4v) is 8.63. The molecule has 4 aliphatic rings. The maximum Gasteiger partial charge on any atom is 0.305 e. The van der Waals surface area contributed by atoms with Crippen molar-refractivity contribution >= 4 is 23.5 Å². The van der Waals surface area contributed by atoms with Crippen molar-refractivity contribution in [2.24, 2.45) is 46.3 Å². The van der Waals surface area contributed by atoms with Gasteiger partial charge in [-0.05, 0) is 67.1 Å². The summed E-state index contributed by atoms with van der Waals surface area (Å²) in [6, 6.07) is 0. The zero-order chi connectivity index (χ0) is 24.1. The zero-order valence-corrected chi connectivity index (χ0v) is 20.9. The van der Waals surface area contributed by atoms with Crippen molar-refractivity contribution in [3.63, 3.8) is 0 Å². The molecular weight excluding hydrogens is 420 g/mol. The predicted molar refractivity (Wildman–Crippen MR) is 122 cm³/mol. The summed E-state index contributed by atoms with van der Waals surface area (Å²) in [6.07, 6.45) is 5.99. The Balaban J connectivity index is 1.65. The van der Waals surface area contributed by atoms with E-state index < -0.39 is 5.41 Å². The molecule has 0 amide bonds. The topological polar surface area (TPSA) is 86.7 Å². The SMILES string of the molecule is COC(=O)CC[C@H](C)[C@@H]1CC[C@@H]2[C@@H]3[C@@H](CC(=O)[C@@]21C)[C@@]1(C)CCC(=O)C[C@@H]1C[C@H]3OC(C)=O. The predicted octanol–water partition coefficient (Wildman–Crippen LogP) is 4.52. The van der Waals surface area contributed by atoms with Gasteiger partial charge in [0.15, 0.2) is 0 Å². The molecule has 4 saturated carbocycles. The van der Waals surface area contributed by atoms with E-state index in [1.165, 1.54) is 14.0 Å². The number of ether oxygens (including phenoxy) is 2. The molecule has 0 aromatic heterocycles. The summed E-state index contributed by atoms with van der Waals surface area (Å²) in [7, 11) is 1.41. The van der Waals surface area contributed by atoms with Crippen LogP contribution in [0, 0.1) is 46.3 Å². The summed E-state index contributed by atoms with van der Waals surface area (Å²) in [5.74, 6) is 1.28. The van der Waals surface area contributed by atoms with Crippen LogP contribution < -0.4 is 0 Å². The van der Waals surface area contributed by atoms with Crippen molar-refractivity contribution < 1.29 is 28.7 Å². The lowest BCUT2D eigenvalue weighted by Gasteiger charge is -2.61. The number of hydrogen-bond donors (Lipinski definition) is 0. The van der Waals surface area contributed by atoms with Crippen LogP contribution in [0.5, 0.6) is 0 Å². The van der Waals surface area contributed by atoms with Gasteiger partial charge in [0.25, 0.3) is 0 Å². The second kappa shape index (κ2) is 8.81.